The molecule has 3 aromatic rings. The van der Waals surface area contributed by atoms with Gasteiger partial charge in [0.25, 0.3) is 0 Å². The van der Waals surface area contributed by atoms with Gasteiger partial charge in [0.2, 0.25) is 17.7 Å². The van der Waals surface area contributed by atoms with E-state index in [1.807, 2.05) is 47.8 Å². The zero-order valence-electron chi connectivity index (χ0n) is 14.6. The van der Waals surface area contributed by atoms with Crippen LogP contribution in [0.5, 0.6) is 0 Å². The second kappa shape index (κ2) is 8.31. The standard InChI is InChI=1S/C19H17N5O3S/c20-18(26)17(19(21)27)22-15(25)9-8-12-11-24(13-5-2-1-3-6-13)23-16(12)14-7-4-10-28-14/h1-11,17H,(H2,20,26)(H2,21,27)(H,22,25). The predicted octanol–water partition coefficient (Wildman–Crippen LogP) is 1.07. The fourth-order valence-electron chi connectivity index (χ4n) is 2.47. The van der Waals surface area contributed by atoms with E-state index in [-0.39, 0.29) is 0 Å². The van der Waals surface area contributed by atoms with E-state index < -0.39 is 23.8 Å². The number of nitrogens with one attached hydrogen (secondary N) is 1. The summed E-state index contributed by atoms with van der Waals surface area (Å²) in [5, 5.41) is 8.73. The van der Waals surface area contributed by atoms with Gasteiger partial charge in [-0.25, -0.2) is 4.68 Å². The Balaban J connectivity index is 1.89. The van der Waals surface area contributed by atoms with Crippen molar-refractivity contribution < 1.29 is 14.4 Å². The average molecular weight is 395 g/mol. The van der Waals surface area contributed by atoms with Crippen molar-refractivity contribution in [1.82, 2.24) is 15.1 Å². The first-order valence-corrected chi connectivity index (χ1v) is 9.10. The molecule has 0 aliphatic rings. The molecule has 2 aromatic heterocycles. The maximum absolute atomic E-state index is 12.1. The SMILES string of the molecule is NC(=O)C(NC(=O)C=Cc1cn(-c2ccccc2)nc1-c1cccs1)C(N)=O. The van der Waals surface area contributed by atoms with Gasteiger partial charge in [0.15, 0.2) is 6.04 Å². The Kier molecular flexibility index (Phi) is 5.66. The van der Waals surface area contributed by atoms with E-state index in [0.717, 1.165) is 10.6 Å². The van der Waals surface area contributed by atoms with Crippen LogP contribution in [-0.4, -0.2) is 33.5 Å². The molecule has 0 unspecified atom stereocenters. The third-order valence-corrected chi connectivity index (χ3v) is 4.66. The molecule has 0 saturated carbocycles. The van der Waals surface area contributed by atoms with E-state index in [0.29, 0.717) is 11.3 Å². The third-order valence-electron chi connectivity index (χ3n) is 3.79. The highest BCUT2D eigenvalue weighted by atomic mass is 32.1. The molecule has 0 aliphatic heterocycles. The molecular weight excluding hydrogens is 378 g/mol. The van der Waals surface area contributed by atoms with Gasteiger partial charge in [-0.1, -0.05) is 24.3 Å². The van der Waals surface area contributed by atoms with Gasteiger partial charge in [-0.3, -0.25) is 14.4 Å². The Morgan fingerprint density at radius 1 is 1.07 bits per heavy atom. The van der Waals surface area contributed by atoms with E-state index in [2.05, 4.69) is 10.4 Å². The Bertz CT molecular complexity index is 1010. The predicted molar refractivity (Wildman–Crippen MR) is 106 cm³/mol. The van der Waals surface area contributed by atoms with Crippen LogP contribution in [0.3, 0.4) is 0 Å². The summed E-state index contributed by atoms with van der Waals surface area (Å²) in [6.07, 6.45) is 4.53. The molecule has 0 bridgehead atoms. The Labute approximate surface area is 164 Å². The Hall–Kier alpha value is -3.72. The fraction of sp³-hybridized carbons (Fsp3) is 0.0526. The highest BCUT2D eigenvalue weighted by molar-refractivity contribution is 7.13. The lowest BCUT2D eigenvalue weighted by molar-refractivity contribution is -0.132. The van der Waals surface area contributed by atoms with Gasteiger partial charge < -0.3 is 16.8 Å². The molecule has 9 heteroatoms. The van der Waals surface area contributed by atoms with Gasteiger partial charge in [-0.2, -0.15) is 5.10 Å². The van der Waals surface area contributed by atoms with Crippen molar-refractivity contribution in [2.75, 3.05) is 0 Å². The fourth-order valence-corrected chi connectivity index (χ4v) is 3.20. The lowest BCUT2D eigenvalue weighted by atomic mass is 10.2. The molecule has 142 valence electrons. The number of primary amides is 2. The van der Waals surface area contributed by atoms with Gasteiger partial charge in [0, 0.05) is 17.8 Å². The number of hydrogen-bond acceptors (Lipinski definition) is 5. The van der Waals surface area contributed by atoms with Crippen LogP contribution in [0.1, 0.15) is 5.56 Å². The highest BCUT2D eigenvalue weighted by Gasteiger charge is 2.22. The summed E-state index contributed by atoms with van der Waals surface area (Å²) in [6.45, 7) is 0. The Morgan fingerprint density at radius 2 is 1.79 bits per heavy atom. The number of amides is 3. The number of aromatic nitrogens is 2. The van der Waals surface area contributed by atoms with Gasteiger partial charge in [-0.15, -0.1) is 11.3 Å². The van der Waals surface area contributed by atoms with Crippen LogP contribution in [0.4, 0.5) is 0 Å². The van der Waals surface area contributed by atoms with Crippen LogP contribution in [0, 0.1) is 0 Å². The van der Waals surface area contributed by atoms with Crippen LogP contribution in [-0.2, 0) is 14.4 Å². The summed E-state index contributed by atoms with van der Waals surface area (Å²) in [5.74, 6) is -2.72. The maximum Gasteiger partial charge on any atom is 0.249 e. The summed E-state index contributed by atoms with van der Waals surface area (Å²) in [6, 6.07) is 11.8. The molecule has 0 radical (unpaired) electrons. The minimum absolute atomic E-state index is 0.674. The lowest BCUT2D eigenvalue weighted by Gasteiger charge is -2.09. The first kappa shape index (κ1) is 19.1. The van der Waals surface area contributed by atoms with Gasteiger partial charge in [-0.05, 0) is 29.7 Å². The number of benzene rings is 1. The molecule has 1 aromatic carbocycles. The molecule has 0 saturated heterocycles. The van der Waals surface area contributed by atoms with Crippen molar-refractivity contribution >= 4 is 35.1 Å². The number of carbonyl (C=O) groups is 3. The topological polar surface area (TPSA) is 133 Å². The third kappa shape index (κ3) is 4.33. The molecule has 3 rings (SSSR count). The van der Waals surface area contributed by atoms with Crippen molar-refractivity contribution in [2.24, 2.45) is 11.5 Å². The van der Waals surface area contributed by atoms with E-state index >= 15 is 0 Å². The highest BCUT2D eigenvalue weighted by Crippen LogP contribution is 2.28. The minimum Gasteiger partial charge on any atom is -0.367 e. The van der Waals surface area contributed by atoms with Crippen LogP contribution in [0.25, 0.3) is 22.3 Å². The normalized spacial score (nSPS) is 11.0. The molecule has 2 heterocycles. The minimum atomic E-state index is -1.57. The van der Waals surface area contributed by atoms with Gasteiger partial charge >= 0.3 is 0 Å². The quantitative estimate of drug-likeness (QED) is 0.407. The van der Waals surface area contributed by atoms with E-state index in [4.69, 9.17) is 11.5 Å². The zero-order chi connectivity index (χ0) is 20.1. The van der Waals surface area contributed by atoms with Crippen molar-refractivity contribution in [3.05, 3.63) is 65.7 Å². The number of nitrogens with zero attached hydrogens (tertiary/aromatic N) is 2. The zero-order valence-corrected chi connectivity index (χ0v) is 15.4. The molecule has 3 amide bonds. The Morgan fingerprint density at radius 3 is 2.39 bits per heavy atom. The molecule has 5 N–H and O–H groups in total. The van der Waals surface area contributed by atoms with Crippen LogP contribution < -0.4 is 16.8 Å². The van der Waals surface area contributed by atoms with Crippen LogP contribution in [0.2, 0.25) is 0 Å². The smallest absolute Gasteiger partial charge is 0.249 e. The van der Waals surface area contributed by atoms with Crippen molar-refractivity contribution in [2.45, 2.75) is 6.04 Å². The molecule has 0 atom stereocenters. The number of para-hydroxylation sites is 1. The summed E-state index contributed by atoms with van der Waals surface area (Å²) < 4.78 is 1.71. The number of carbonyl (C=O) groups excluding carboxylic acids is 3. The van der Waals surface area contributed by atoms with Crippen molar-refractivity contribution in [1.29, 1.82) is 0 Å². The number of hydrogen-bond donors (Lipinski definition) is 3. The first-order valence-electron chi connectivity index (χ1n) is 8.22. The van der Waals surface area contributed by atoms with Crippen LogP contribution >= 0.6 is 11.3 Å². The summed E-state index contributed by atoms with van der Waals surface area (Å²) in [4.78, 5) is 35.4. The number of rotatable bonds is 7. The van der Waals surface area contributed by atoms with Crippen molar-refractivity contribution in [3.8, 4) is 16.3 Å². The lowest BCUT2D eigenvalue weighted by Crippen LogP contribution is -2.52. The summed E-state index contributed by atoms with van der Waals surface area (Å²) in [7, 11) is 0. The van der Waals surface area contributed by atoms with Gasteiger partial charge in [0.05, 0.1) is 10.6 Å². The van der Waals surface area contributed by atoms with Crippen LogP contribution in [0.15, 0.2) is 60.1 Å². The maximum atomic E-state index is 12.1. The van der Waals surface area contributed by atoms with E-state index in [9.17, 15) is 14.4 Å². The first-order chi connectivity index (χ1) is 13.5. The van der Waals surface area contributed by atoms with E-state index in [1.54, 1.807) is 17.0 Å². The molecule has 0 fully saturated rings. The van der Waals surface area contributed by atoms with Crippen molar-refractivity contribution in [3.63, 3.8) is 0 Å². The average Bonchev–Trinajstić information content (AvgIpc) is 3.34. The van der Waals surface area contributed by atoms with Gasteiger partial charge in [0.1, 0.15) is 5.69 Å². The van der Waals surface area contributed by atoms with E-state index in [1.165, 1.54) is 17.4 Å². The number of nitrogens with two attached hydrogens (primary N) is 2. The summed E-state index contributed by atoms with van der Waals surface area (Å²) >= 11 is 1.52. The number of thiophene rings is 1. The molecule has 28 heavy (non-hydrogen) atoms. The molecule has 8 nitrogen and oxygen atoms in total. The largest absolute Gasteiger partial charge is 0.367 e. The monoisotopic (exact) mass is 395 g/mol. The molecular formula is C19H17N5O3S. The summed E-state index contributed by atoms with van der Waals surface area (Å²) in [5.41, 5.74) is 12.4. The molecule has 0 spiro atoms. The molecule has 0 aliphatic carbocycles. The second-order valence-electron chi connectivity index (χ2n) is 5.77. The second-order valence-corrected chi connectivity index (χ2v) is 6.72.